The average Bonchev–Trinajstić information content (AvgIpc) is 2.71. The van der Waals surface area contributed by atoms with Crippen LogP contribution in [0.5, 0.6) is 0 Å². The third-order valence-electron chi connectivity index (χ3n) is 4.09. The molecular formula is C17H20N2. The number of anilines is 3. The molecule has 98 valence electrons. The minimum absolute atomic E-state index is 0.352. The monoisotopic (exact) mass is 252 g/mol. The lowest BCUT2D eigenvalue weighted by atomic mass is 10.1. The van der Waals surface area contributed by atoms with Gasteiger partial charge in [-0.2, -0.15) is 0 Å². The first-order valence-corrected chi connectivity index (χ1v) is 6.93. The fraction of sp³-hybridized carbons (Fsp3) is 0.294. The van der Waals surface area contributed by atoms with Crippen molar-refractivity contribution in [3.8, 4) is 0 Å². The summed E-state index contributed by atoms with van der Waals surface area (Å²) in [6.45, 7) is 4.47. The summed E-state index contributed by atoms with van der Waals surface area (Å²) >= 11 is 0. The highest BCUT2D eigenvalue weighted by molar-refractivity contribution is 5.84. The number of nitrogens with zero attached hydrogens (tertiary/aromatic N) is 2. The summed E-state index contributed by atoms with van der Waals surface area (Å²) in [4.78, 5) is 4.77. The van der Waals surface area contributed by atoms with Crippen LogP contribution in [0.3, 0.4) is 0 Å². The van der Waals surface area contributed by atoms with Gasteiger partial charge < -0.3 is 9.80 Å². The smallest absolute Gasteiger partial charge is 0.103 e. The van der Waals surface area contributed by atoms with Gasteiger partial charge in [0, 0.05) is 12.7 Å². The quantitative estimate of drug-likeness (QED) is 0.791. The molecule has 0 aromatic heterocycles. The second kappa shape index (κ2) is 4.61. The molecule has 2 heteroatoms. The summed E-state index contributed by atoms with van der Waals surface area (Å²) in [7, 11) is 2.16. The Hall–Kier alpha value is -1.96. The molecule has 0 amide bonds. The number of hydrogen-bond acceptors (Lipinski definition) is 2. The molecule has 1 aliphatic rings. The molecule has 2 nitrogen and oxygen atoms in total. The van der Waals surface area contributed by atoms with Crippen LogP contribution in [0.4, 0.5) is 17.1 Å². The maximum absolute atomic E-state index is 2.44. The molecule has 0 aliphatic carbocycles. The molecule has 19 heavy (non-hydrogen) atoms. The third kappa shape index (κ3) is 1.79. The van der Waals surface area contributed by atoms with Crippen LogP contribution < -0.4 is 9.80 Å². The Morgan fingerprint density at radius 1 is 0.895 bits per heavy atom. The zero-order valence-electron chi connectivity index (χ0n) is 11.8. The summed E-state index contributed by atoms with van der Waals surface area (Å²) in [5.74, 6) is 0. The Morgan fingerprint density at radius 2 is 1.47 bits per heavy atom. The highest BCUT2D eigenvalue weighted by Crippen LogP contribution is 2.43. The van der Waals surface area contributed by atoms with E-state index in [-0.39, 0.29) is 0 Å². The molecule has 0 spiro atoms. The van der Waals surface area contributed by atoms with Gasteiger partial charge in [-0.15, -0.1) is 0 Å². The molecule has 0 N–H and O–H groups in total. The summed E-state index contributed by atoms with van der Waals surface area (Å²) in [5.41, 5.74) is 5.34. The normalized spacial score (nSPS) is 17.7. The van der Waals surface area contributed by atoms with E-state index in [1.807, 2.05) is 0 Å². The SMILES string of the molecule is CCc1ccccc1N1c2ccccc2N(C)[C@@H]1C. The molecule has 1 aliphatic heterocycles. The lowest BCUT2D eigenvalue weighted by molar-refractivity contribution is 0.731. The minimum Gasteiger partial charge on any atom is -0.353 e. The first-order valence-electron chi connectivity index (χ1n) is 6.93. The first-order chi connectivity index (χ1) is 9.24. The van der Waals surface area contributed by atoms with Crippen LogP contribution in [0.1, 0.15) is 19.4 Å². The van der Waals surface area contributed by atoms with Crippen molar-refractivity contribution in [3.63, 3.8) is 0 Å². The fourth-order valence-corrected chi connectivity index (χ4v) is 2.92. The van der Waals surface area contributed by atoms with Crippen molar-refractivity contribution in [2.24, 2.45) is 0 Å². The molecule has 0 saturated heterocycles. The van der Waals surface area contributed by atoms with Gasteiger partial charge in [0.25, 0.3) is 0 Å². The first kappa shape index (κ1) is 12.1. The molecule has 2 aromatic rings. The van der Waals surface area contributed by atoms with Crippen molar-refractivity contribution in [2.45, 2.75) is 26.4 Å². The van der Waals surface area contributed by atoms with Crippen LogP contribution in [0.15, 0.2) is 48.5 Å². The predicted molar refractivity (Wildman–Crippen MR) is 82.3 cm³/mol. The molecular weight excluding hydrogens is 232 g/mol. The largest absolute Gasteiger partial charge is 0.353 e. The lowest BCUT2D eigenvalue weighted by Gasteiger charge is -2.29. The molecule has 0 radical (unpaired) electrons. The van der Waals surface area contributed by atoms with Gasteiger partial charge >= 0.3 is 0 Å². The van der Waals surface area contributed by atoms with Gasteiger partial charge in [0.2, 0.25) is 0 Å². The predicted octanol–water partition coefficient (Wildman–Crippen LogP) is 4.18. The van der Waals surface area contributed by atoms with Crippen molar-refractivity contribution in [3.05, 3.63) is 54.1 Å². The van der Waals surface area contributed by atoms with E-state index in [0.717, 1.165) is 6.42 Å². The summed E-state index contributed by atoms with van der Waals surface area (Å²) < 4.78 is 0. The average molecular weight is 252 g/mol. The van der Waals surface area contributed by atoms with Crippen LogP contribution in [-0.4, -0.2) is 13.2 Å². The third-order valence-corrected chi connectivity index (χ3v) is 4.09. The van der Waals surface area contributed by atoms with Gasteiger partial charge in [0.05, 0.1) is 11.4 Å². The van der Waals surface area contributed by atoms with Gasteiger partial charge in [-0.25, -0.2) is 0 Å². The molecule has 0 unspecified atom stereocenters. The van der Waals surface area contributed by atoms with E-state index in [1.54, 1.807) is 0 Å². The highest BCUT2D eigenvalue weighted by Gasteiger charge is 2.31. The Bertz CT molecular complexity index is 591. The van der Waals surface area contributed by atoms with Gasteiger partial charge in [-0.3, -0.25) is 0 Å². The van der Waals surface area contributed by atoms with Crippen molar-refractivity contribution < 1.29 is 0 Å². The number of aryl methyl sites for hydroxylation is 1. The Balaban J connectivity index is 2.15. The van der Waals surface area contributed by atoms with E-state index < -0.39 is 0 Å². The van der Waals surface area contributed by atoms with Gasteiger partial charge in [0.1, 0.15) is 6.17 Å². The highest BCUT2D eigenvalue weighted by atomic mass is 15.4. The standard InChI is InChI=1S/C17H20N2/c1-4-14-9-5-6-10-15(14)19-13(2)18(3)16-11-7-8-12-17(16)19/h5-13H,4H2,1-3H3/t13-/m0/s1. The van der Waals surface area contributed by atoms with Crippen molar-refractivity contribution in [1.82, 2.24) is 0 Å². The maximum Gasteiger partial charge on any atom is 0.103 e. The maximum atomic E-state index is 2.44. The number of rotatable bonds is 2. The minimum atomic E-state index is 0.352. The number of hydrogen-bond donors (Lipinski definition) is 0. The number of para-hydroxylation sites is 3. The van der Waals surface area contributed by atoms with Gasteiger partial charge in [0.15, 0.2) is 0 Å². The van der Waals surface area contributed by atoms with E-state index in [4.69, 9.17) is 0 Å². The van der Waals surface area contributed by atoms with Crippen LogP contribution >= 0.6 is 0 Å². The Kier molecular flexibility index (Phi) is 2.94. The second-order valence-electron chi connectivity index (χ2n) is 5.08. The lowest BCUT2D eigenvalue weighted by Crippen LogP contribution is -2.36. The molecule has 0 fully saturated rings. The van der Waals surface area contributed by atoms with Gasteiger partial charge in [-0.1, -0.05) is 37.3 Å². The van der Waals surface area contributed by atoms with Crippen molar-refractivity contribution in [2.75, 3.05) is 16.8 Å². The molecule has 1 heterocycles. The van der Waals surface area contributed by atoms with E-state index in [9.17, 15) is 0 Å². The summed E-state index contributed by atoms with van der Waals surface area (Å²) in [6, 6.07) is 17.3. The zero-order chi connectivity index (χ0) is 13.4. The molecule has 0 bridgehead atoms. The van der Waals surface area contributed by atoms with Crippen molar-refractivity contribution >= 4 is 17.1 Å². The topological polar surface area (TPSA) is 6.48 Å². The summed E-state index contributed by atoms with van der Waals surface area (Å²) in [5, 5.41) is 0. The Morgan fingerprint density at radius 3 is 2.16 bits per heavy atom. The van der Waals surface area contributed by atoms with E-state index in [1.165, 1.54) is 22.6 Å². The van der Waals surface area contributed by atoms with E-state index in [0.29, 0.717) is 6.17 Å². The second-order valence-corrected chi connectivity index (χ2v) is 5.08. The van der Waals surface area contributed by atoms with E-state index in [2.05, 4.69) is 79.2 Å². The van der Waals surface area contributed by atoms with Crippen LogP contribution in [-0.2, 0) is 6.42 Å². The van der Waals surface area contributed by atoms with Crippen molar-refractivity contribution in [1.29, 1.82) is 0 Å². The zero-order valence-corrected chi connectivity index (χ0v) is 11.8. The molecule has 3 rings (SSSR count). The molecule has 0 saturated carbocycles. The van der Waals surface area contributed by atoms with Gasteiger partial charge in [-0.05, 0) is 37.1 Å². The van der Waals surface area contributed by atoms with Crippen LogP contribution in [0.2, 0.25) is 0 Å². The van der Waals surface area contributed by atoms with Crippen LogP contribution in [0.25, 0.3) is 0 Å². The Labute approximate surface area is 115 Å². The summed E-state index contributed by atoms with van der Waals surface area (Å²) in [6.07, 6.45) is 1.41. The number of fused-ring (bicyclic) bond motifs is 1. The fourth-order valence-electron chi connectivity index (χ4n) is 2.92. The molecule has 1 atom stereocenters. The number of benzene rings is 2. The van der Waals surface area contributed by atoms with E-state index >= 15 is 0 Å². The van der Waals surface area contributed by atoms with Crippen LogP contribution in [0, 0.1) is 0 Å². The molecule has 2 aromatic carbocycles.